The molecule has 0 saturated carbocycles. The monoisotopic (exact) mass is 202 g/mol. The van der Waals surface area contributed by atoms with Gasteiger partial charge in [-0.3, -0.25) is 4.55 Å². The van der Waals surface area contributed by atoms with Crippen molar-refractivity contribution in [1.82, 2.24) is 0 Å². The molecular weight excluding hydrogens is 192 g/mol. The van der Waals surface area contributed by atoms with Crippen molar-refractivity contribution in [2.24, 2.45) is 0 Å². The number of aliphatic hydroxyl groups is 1. The lowest BCUT2D eigenvalue weighted by Gasteiger charge is -1.99. The molecule has 0 radical (unpaired) electrons. The van der Waals surface area contributed by atoms with Crippen molar-refractivity contribution in [3.05, 3.63) is 35.4 Å². The Morgan fingerprint density at radius 1 is 1.08 bits per heavy atom. The highest BCUT2D eigenvalue weighted by Gasteiger charge is 2.05. The first kappa shape index (κ1) is 10.2. The van der Waals surface area contributed by atoms with E-state index in [1.54, 1.807) is 24.3 Å². The molecule has 1 aromatic carbocycles. The van der Waals surface area contributed by atoms with Crippen molar-refractivity contribution in [3.8, 4) is 0 Å². The van der Waals surface area contributed by atoms with Gasteiger partial charge in [0.15, 0.2) is 0 Å². The molecule has 4 nitrogen and oxygen atoms in total. The Bertz CT molecular complexity index is 366. The van der Waals surface area contributed by atoms with E-state index in [1.165, 1.54) is 0 Å². The molecule has 0 atom stereocenters. The molecule has 0 aliphatic carbocycles. The Labute approximate surface area is 76.6 Å². The predicted molar refractivity (Wildman–Crippen MR) is 47.6 cm³/mol. The summed E-state index contributed by atoms with van der Waals surface area (Å²) in [7, 11) is -3.96. The maximum atomic E-state index is 10.5. The van der Waals surface area contributed by atoms with Crippen molar-refractivity contribution >= 4 is 10.1 Å². The first-order chi connectivity index (χ1) is 6.01. The zero-order chi connectivity index (χ0) is 9.90. The summed E-state index contributed by atoms with van der Waals surface area (Å²) in [6.45, 7) is -0.0772. The second kappa shape index (κ2) is 3.87. The van der Waals surface area contributed by atoms with Gasteiger partial charge in [-0.25, -0.2) is 0 Å². The quantitative estimate of drug-likeness (QED) is 0.702. The van der Waals surface area contributed by atoms with Crippen LogP contribution in [-0.2, 0) is 22.5 Å². The molecule has 0 fully saturated rings. The second-order valence-corrected chi connectivity index (χ2v) is 4.15. The number of aliphatic hydroxyl groups excluding tert-OH is 1. The third-order valence-corrected chi connectivity index (χ3v) is 2.25. The standard InChI is InChI=1S/C8H10O4S/c9-5-7-1-3-8(4-2-7)6-13(10,11)12/h1-4,9H,5-6H2,(H,10,11,12). The van der Waals surface area contributed by atoms with Crippen LogP contribution in [0.15, 0.2) is 24.3 Å². The van der Waals surface area contributed by atoms with Gasteiger partial charge in [-0.1, -0.05) is 24.3 Å². The van der Waals surface area contributed by atoms with E-state index in [0.29, 0.717) is 11.1 Å². The summed E-state index contributed by atoms with van der Waals surface area (Å²) in [5, 5.41) is 8.69. The minimum absolute atomic E-state index is 0.0772. The Kier molecular flexibility index (Phi) is 3.02. The average molecular weight is 202 g/mol. The van der Waals surface area contributed by atoms with E-state index in [-0.39, 0.29) is 6.61 Å². The summed E-state index contributed by atoms with van der Waals surface area (Å²) in [6.07, 6.45) is 0. The summed E-state index contributed by atoms with van der Waals surface area (Å²) in [5.74, 6) is -0.390. The van der Waals surface area contributed by atoms with Crippen LogP contribution < -0.4 is 0 Å². The van der Waals surface area contributed by atoms with Crippen LogP contribution in [-0.4, -0.2) is 18.1 Å². The van der Waals surface area contributed by atoms with Gasteiger partial charge in [-0.05, 0) is 11.1 Å². The molecule has 1 rings (SSSR count). The molecule has 72 valence electrons. The zero-order valence-electron chi connectivity index (χ0n) is 6.84. The molecule has 0 saturated heterocycles. The minimum Gasteiger partial charge on any atom is -0.392 e. The van der Waals surface area contributed by atoms with Crippen LogP contribution in [0.1, 0.15) is 11.1 Å². The number of hydrogen-bond donors (Lipinski definition) is 2. The highest BCUT2D eigenvalue weighted by Crippen LogP contribution is 2.07. The summed E-state index contributed by atoms with van der Waals surface area (Å²) < 4.78 is 29.4. The Hall–Kier alpha value is -0.910. The van der Waals surface area contributed by atoms with Gasteiger partial charge >= 0.3 is 0 Å². The van der Waals surface area contributed by atoms with Crippen molar-refractivity contribution < 1.29 is 18.1 Å². The molecule has 0 spiro atoms. The van der Waals surface area contributed by atoms with Gasteiger partial charge in [0.05, 0.1) is 6.61 Å². The highest BCUT2D eigenvalue weighted by atomic mass is 32.2. The van der Waals surface area contributed by atoms with Gasteiger partial charge in [0.25, 0.3) is 10.1 Å². The first-order valence-electron chi connectivity index (χ1n) is 3.65. The fraction of sp³-hybridized carbons (Fsp3) is 0.250. The van der Waals surface area contributed by atoms with Gasteiger partial charge in [-0.2, -0.15) is 8.42 Å². The molecule has 0 aliphatic heterocycles. The molecule has 0 bridgehead atoms. The van der Waals surface area contributed by atoms with E-state index in [4.69, 9.17) is 9.66 Å². The Morgan fingerprint density at radius 3 is 1.92 bits per heavy atom. The molecule has 1 aromatic rings. The van der Waals surface area contributed by atoms with E-state index in [9.17, 15) is 8.42 Å². The van der Waals surface area contributed by atoms with E-state index >= 15 is 0 Å². The fourth-order valence-electron chi connectivity index (χ4n) is 0.952. The predicted octanol–water partition coefficient (Wildman–Crippen LogP) is 0.567. The van der Waals surface area contributed by atoms with Crippen molar-refractivity contribution in [2.75, 3.05) is 0 Å². The molecule has 5 heteroatoms. The second-order valence-electron chi connectivity index (χ2n) is 2.70. The molecule has 0 unspecified atom stereocenters. The average Bonchev–Trinajstić information content (AvgIpc) is 2.03. The van der Waals surface area contributed by atoms with Crippen molar-refractivity contribution in [2.45, 2.75) is 12.4 Å². The SMILES string of the molecule is O=S(=O)(O)Cc1ccc(CO)cc1. The van der Waals surface area contributed by atoms with Crippen LogP contribution in [0.25, 0.3) is 0 Å². The van der Waals surface area contributed by atoms with E-state index in [0.717, 1.165) is 0 Å². The normalized spacial score (nSPS) is 11.5. The topological polar surface area (TPSA) is 74.6 Å². The third kappa shape index (κ3) is 3.54. The maximum Gasteiger partial charge on any atom is 0.269 e. The summed E-state index contributed by atoms with van der Waals surface area (Å²) in [5.41, 5.74) is 1.21. The Morgan fingerprint density at radius 2 is 1.54 bits per heavy atom. The van der Waals surface area contributed by atoms with Crippen molar-refractivity contribution in [1.29, 1.82) is 0 Å². The minimum atomic E-state index is -3.96. The van der Waals surface area contributed by atoms with Gasteiger partial charge in [0.1, 0.15) is 5.75 Å². The highest BCUT2D eigenvalue weighted by molar-refractivity contribution is 7.85. The zero-order valence-corrected chi connectivity index (χ0v) is 7.66. The van der Waals surface area contributed by atoms with Crippen molar-refractivity contribution in [3.63, 3.8) is 0 Å². The third-order valence-electron chi connectivity index (χ3n) is 1.55. The number of benzene rings is 1. The molecule has 0 amide bonds. The van der Waals surface area contributed by atoms with Gasteiger partial charge < -0.3 is 5.11 Å². The Balaban J connectivity index is 2.81. The van der Waals surface area contributed by atoms with E-state index < -0.39 is 15.9 Å². The maximum absolute atomic E-state index is 10.5. The lowest BCUT2D eigenvalue weighted by atomic mass is 10.2. The number of rotatable bonds is 3. The number of hydrogen-bond acceptors (Lipinski definition) is 3. The smallest absolute Gasteiger partial charge is 0.269 e. The van der Waals surface area contributed by atoms with E-state index in [2.05, 4.69) is 0 Å². The van der Waals surface area contributed by atoms with Crippen LogP contribution in [0.3, 0.4) is 0 Å². The molecule has 2 N–H and O–H groups in total. The molecular formula is C8H10O4S. The van der Waals surface area contributed by atoms with Crippen LogP contribution in [0.2, 0.25) is 0 Å². The lowest BCUT2D eigenvalue weighted by Crippen LogP contribution is -2.01. The van der Waals surface area contributed by atoms with Gasteiger partial charge in [0, 0.05) is 0 Å². The van der Waals surface area contributed by atoms with Crippen LogP contribution >= 0.6 is 0 Å². The van der Waals surface area contributed by atoms with Crippen LogP contribution in [0.5, 0.6) is 0 Å². The van der Waals surface area contributed by atoms with Crippen LogP contribution in [0.4, 0.5) is 0 Å². The molecule has 0 aromatic heterocycles. The molecule has 0 aliphatic rings. The lowest BCUT2D eigenvalue weighted by molar-refractivity contribution is 0.282. The summed E-state index contributed by atoms with van der Waals surface area (Å²) in [4.78, 5) is 0. The first-order valence-corrected chi connectivity index (χ1v) is 5.26. The molecule has 13 heavy (non-hydrogen) atoms. The van der Waals surface area contributed by atoms with Gasteiger partial charge in [-0.15, -0.1) is 0 Å². The summed E-state index contributed by atoms with van der Waals surface area (Å²) >= 11 is 0. The largest absolute Gasteiger partial charge is 0.392 e. The van der Waals surface area contributed by atoms with E-state index in [1.807, 2.05) is 0 Å². The molecule has 0 heterocycles. The van der Waals surface area contributed by atoms with Crippen LogP contribution in [0, 0.1) is 0 Å². The van der Waals surface area contributed by atoms with Gasteiger partial charge in [0.2, 0.25) is 0 Å². The fourth-order valence-corrected chi connectivity index (χ4v) is 1.57. The summed E-state index contributed by atoms with van der Waals surface area (Å²) in [6, 6.07) is 6.33.